The molecular weight excluding hydrogens is 362 g/mol. The molecule has 1 aliphatic rings. The van der Waals surface area contributed by atoms with Gasteiger partial charge < -0.3 is 20.1 Å². The highest BCUT2D eigenvalue weighted by molar-refractivity contribution is 5.99. The van der Waals surface area contributed by atoms with E-state index >= 15 is 0 Å². The Kier molecular flexibility index (Phi) is 5.58. The molecule has 0 bridgehead atoms. The maximum absolute atomic E-state index is 12.7. The maximum atomic E-state index is 12.7. The number of amides is 2. The Bertz CT molecular complexity index is 941. The van der Waals surface area contributed by atoms with E-state index in [1.165, 1.54) is 12.3 Å². The fourth-order valence-electron chi connectivity index (χ4n) is 2.82. The summed E-state index contributed by atoms with van der Waals surface area (Å²) in [5, 5.41) is 5.63. The SMILES string of the molecule is CCOC(=O)c1cnc(C)c(C(=O)N[C@@H](C)c2ccc3c(c2)NC(=O)CO3)c1. The molecule has 2 N–H and O–H groups in total. The Morgan fingerprint density at radius 1 is 1.36 bits per heavy atom. The third-order valence-corrected chi connectivity index (χ3v) is 4.33. The number of nitrogens with one attached hydrogen (secondary N) is 2. The average molecular weight is 383 g/mol. The van der Waals surface area contributed by atoms with Crippen molar-refractivity contribution in [2.75, 3.05) is 18.5 Å². The number of fused-ring (bicyclic) bond motifs is 1. The Labute approximate surface area is 162 Å². The molecule has 2 heterocycles. The standard InChI is InChI=1S/C20H21N3O5/c1-4-27-20(26)14-7-15(12(3)21-9-14)19(25)22-11(2)13-5-6-17-16(8-13)23-18(24)10-28-17/h5-9,11H,4,10H2,1-3H3,(H,22,25)(H,23,24)/t11-/m0/s1. The Balaban J connectivity index is 1.77. The van der Waals surface area contributed by atoms with E-state index in [1.54, 1.807) is 26.0 Å². The normalized spacial score (nSPS) is 13.6. The Morgan fingerprint density at radius 2 is 2.14 bits per heavy atom. The second-order valence-electron chi connectivity index (χ2n) is 6.37. The van der Waals surface area contributed by atoms with E-state index in [-0.39, 0.29) is 36.6 Å². The molecule has 8 nitrogen and oxygen atoms in total. The highest BCUT2D eigenvalue weighted by Crippen LogP contribution is 2.30. The number of carbonyl (C=O) groups excluding carboxylic acids is 3. The van der Waals surface area contributed by atoms with Gasteiger partial charge in [0.2, 0.25) is 0 Å². The van der Waals surface area contributed by atoms with Crippen molar-refractivity contribution in [2.24, 2.45) is 0 Å². The van der Waals surface area contributed by atoms with Crippen LogP contribution >= 0.6 is 0 Å². The molecule has 2 aromatic rings. The van der Waals surface area contributed by atoms with Crippen LogP contribution in [0.4, 0.5) is 5.69 Å². The number of anilines is 1. The summed E-state index contributed by atoms with van der Waals surface area (Å²) in [6.07, 6.45) is 1.39. The van der Waals surface area contributed by atoms with E-state index in [0.717, 1.165) is 5.56 Å². The predicted molar refractivity (Wildman–Crippen MR) is 101 cm³/mol. The molecular formula is C20H21N3O5. The lowest BCUT2D eigenvalue weighted by atomic mass is 10.1. The van der Waals surface area contributed by atoms with Crippen LogP contribution < -0.4 is 15.4 Å². The summed E-state index contributed by atoms with van der Waals surface area (Å²) in [5.74, 6) is -0.521. The van der Waals surface area contributed by atoms with Gasteiger partial charge in [0.25, 0.3) is 11.8 Å². The maximum Gasteiger partial charge on any atom is 0.339 e. The van der Waals surface area contributed by atoms with E-state index in [0.29, 0.717) is 22.7 Å². The van der Waals surface area contributed by atoms with Gasteiger partial charge in [0.1, 0.15) is 5.75 Å². The number of pyridine rings is 1. The fraction of sp³-hybridized carbons (Fsp3) is 0.300. The first kappa shape index (κ1) is 19.3. The van der Waals surface area contributed by atoms with E-state index in [1.807, 2.05) is 13.0 Å². The average Bonchev–Trinajstić information content (AvgIpc) is 2.67. The lowest BCUT2D eigenvalue weighted by Gasteiger charge is -2.21. The number of esters is 1. The number of aryl methyl sites for hydroxylation is 1. The molecule has 1 aromatic carbocycles. The highest BCUT2D eigenvalue weighted by atomic mass is 16.5. The van der Waals surface area contributed by atoms with E-state index in [9.17, 15) is 14.4 Å². The van der Waals surface area contributed by atoms with Crippen LogP contribution in [0.1, 0.15) is 51.9 Å². The summed E-state index contributed by atoms with van der Waals surface area (Å²) in [6, 6.07) is 6.46. The molecule has 8 heteroatoms. The van der Waals surface area contributed by atoms with E-state index in [4.69, 9.17) is 9.47 Å². The van der Waals surface area contributed by atoms with Crippen molar-refractivity contribution in [3.05, 3.63) is 52.8 Å². The molecule has 0 aliphatic carbocycles. The van der Waals surface area contributed by atoms with Gasteiger partial charge in [-0.15, -0.1) is 0 Å². The summed E-state index contributed by atoms with van der Waals surface area (Å²) in [7, 11) is 0. The van der Waals surface area contributed by atoms with Gasteiger partial charge in [-0.05, 0) is 44.5 Å². The van der Waals surface area contributed by atoms with Crippen molar-refractivity contribution in [3.8, 4) is 5.75 Å². The minimum atomic E-state index is -0.525. The molecule has 1 aliphatic heterocycles. The summed E-state index contributed by atoms with van der Waals surface area (Å²) < 4.78 is 10.3. The van der Waals surface area contributed by atoms with Gasteiger partial charge in [0.05, 0.1) is 35.2 Å². The number of nitrogens with zero attached hydrogens (tertiary/aromatic N) is 1. The Morgan fingerprint density at radius 3 is 2.89 bits per heavy atom. The van der Waals surface area contributed by atoms with Gasteiger partial charge >= 0.3 is 5.97 Å². The van der Waals surface area contributed by atoms with Gasteiger partial charge in [-0.2, -0.15) is 0 Å². The lowest BCUT2D eigenvalue weighted by molar-refractivity contribution is -0.118. The predicted octanol–water partition coefficient (Wildman–Crippen LogP) is 2.39. The molecule has 0 saturated heterocycles. The molecule has 0 unspecified atom stereocenters. The van der Waals surface area contributed by atoms with Crippen LogP contribution in [0.5, 0.6) is 5.75 Å². The smallest absolute Gasteiger partial charge is 0.339 e. The number of benzene rings is 1. The van der Waals surface area contributed by atoms with Crippen molar-refractivity contribution >= 4 is 23.5 Å². The summed E-state index contributed by atoms with van der Waals surface area (Å²) in [4.78, 5) is 40.2. The first-order valence-corrected chi connectivity index (χ1v) is 8.90. The van der Waals surface area contributed by atoms with Gasteiger partial charge in [-0.3, -0.25) is 14.6 Å². The molecule has 3 rings (SSSR count). The van der Waals surface area contributed by atoms with Crippen molar-refractivity contribution in [2.45, 2.75) is 26.8 Å². The molecule has 28 heavy (non-hydrogen) atoms. The monoisotopic (exact) mass is 383 g/mol. The highest BCUT2D eigenvalue weighted by Gasteiger charge is 2.20. The molecule has 1 atom stereocenters. The third-order valence-electron chi connectivity index (χ3n) is 4.33. The molecule has 146 valence electrons. The Hall–Kier alpha value is -3.42. The number of carbonyl (C=O) groups is 3. The topological polar surface area (TPSA) is 107 Å². The van der Waals surface area contributed by atoms with Crippen LogP contribution in [-0.2, 0) is 9.53 Å². The second-order valence-corrected chi connectivity index (χ2v) is 6.37. The minimum absolute atomic E-state index is 0.0122. The first-order chi connectivity index (χ1) is 13.4. The molecule has 0 spiro atoms. The molecule has 1 aromatic heterocycles. The van der Waals surface area contributed by atoms with Crippen LogP contribution in [-0.4, -0.2) is 36.0 Å². The van der Waals surface area contributed by atoms with Crippen LogP contribution in [0.25, 0.3) is 0 Å². The van der Waals surface area contributed by atoms with E-state index < -0.39 is 5.97 Å². The van der Waals surface area contributed by atoms with Gasteiger partial charge in [0, 0.05) is 6.20 Å². The van der Waals surface area contributed by atoms with Crippen LogP contribution in [0.3, 0.4) is 0 Å². The zero-order chi connectivity index (χ0) is 20.3. The fourth-order valence-corrected chi connectivity index (χ4v) is 2.82. The van der Waals surface area contributed by atoms with E-state index in [2.05, 4.69) is 15.6 Å². The first-order valence-electron chi connectivity index (χ1n) is 8.90. The third kappa shape index (κ3) is 4.11. The van der Waals surface area contributed by atoms with Crippen LogP contribution in [0, 0.1) is 6.92 Å². The number of hydrogen-bond acceptors (Lipinski definition) is 6. The minimum Gasteiger partial charge on any atom is -0.482 e. The summed E-state index contributed by atoms with van der Waals surface area (Å²) >= 11 is 0. The van der Waals surface area contributed by atoms with Crippen molar-refractivity contribution in [1.82, 2.24) is 10.3 Å². The quantitative estimate of drug-likeness (QED) is 0.768. The molecule has 0 radical (unpaired) electrons. The summed E-state index contributed by atoms with van der Waals surface area (Å²) in [6.45, 7) is 5.45. The summed E-state index contributed by atoms with van der Waals surface area (Å²) in [5.41, 5.74) is 2.39. The number of ether oxygens (including phenoxy) is 2. The molecule has 0 fully saturated rings. The zero-order valence-electron chi connectivity index (χ0n) is 15.9. The van der Waals surface area contributed by atoms with Crippen LogP contribution in [0.2, 0.25) is 0 Å². The second kappa shape index (κ2) is 8.08. The van der Waals surface area contributed by atoms with Crippen molar-refractivity contribution < 1.29 is 23.9 Å². The van der Waals surface area contributed by atoms with Gasteiger partial charge in [-0.25, -0.2) is 4.79 Å². The number of aromatic nitrogens is 1. The van der Waals surface area contributed by atoms with Crippen molar-refractivity contribution in [3.63, 3.8) is 0 Å². The number of rotatable bonds is 5. The van der Waals surface area contributed by atoms with Gasteiger partial charge in [-0.1, -0.05) is 6.07 Å². The molecule has 2 amide bonds. The van der Waals surface area contributed by atoms with Gasteiger partial charge in [0.15, 0.2) is 6.61 Å². The lowest BCUT2D eigenvalue weighted by Crippen LogP contribution is -2.29. The molecule has 0 saturated carbocycles. The largest absolute Gasteiger partial charge is 0.482 e. The van der Waals surface area contributed by atoms with Crippen molar-refractivity contribution in [1.29, 1.82) is 0 Å². The zero-order valence-corrected chi connectivity index (χ0v) is 15.9. The number of hydrogen-bond donors (Lipinski definition) is 2. The van der Waals surface area contributed by atoms with Crippen LogP contribution in [0.15, 0.2) is 30.5 Å².